The predicted octanol–water partition coefficient (Wildman–Crippen LogP) is 1.98. The molecular weight excluding hydrogens is 235 g/mol. The molecule has 90 valence electrons. The first-order valence-electron chi connectivity index (χ1n) is 4.70. The Morgan fingerprint density at radius 3 is 2.29 bits per heavy atom. The number of H-pyrrole nitrogens is 1. The number of nitrogens with one attached hydrogen (secondary N) is 1. The van der Waals surface area contributed by atoms with Crippen LogP contribution in [0.4, 0.5) is 13.2 Å². The second-order valence-corrected chi connectivity index (χ2v) is 3.34. The van der Waals surface area contributed by atoms with Gasteiger partial charge in [0.25, 0.3) is 0 Å². The van der Waals surface area contributed by atoms with Gasteiger partial charge in [0.2, 0.25) is 0 Å². The second kappa shape index (κ2) is 4.17. The molecule has 0 spiro atoms. The minimum Gasteiger partial charge on any atom is -0.388 e. The van der Waals surface area contributed by atoms with Gasteiger partial charge in [-0.15, -0.1) is 0 Å². The van der Waals surface area contributed by atoms with E-state index in [4.69, 9.17) is 5.11 Å². The first kappa shape index (κ1) is 11.6. The van der Waals surface area contributed by atoms with Crippen molar-refractivity contribution >= 4 is 0 Å². The Kier molecular flexibility index (Phi) is 2.84. The van der Waals surface area contributed by atoms with Crippen molar-refractivity contribution in [2.75, 3.05) is 0 Å². The number of aliphatic hydroxyl groups is 1. The summed E-state index contributed by atoms with van der Waals surface area (Å²) in [4.78, 5) is 3.89. The summed E-state index contributed by atoms with van der Waals surface area (Å²) in [5, 5.41) is 15.0. The smallest absolute Gasteiger partial charge is 0.388 e. The van der Waals surface area contributed by atoms with Gasteiger partial charge in [-0.3, -0.25) is 5.10 Å². The lowest BCUT2D eigenvalue weighted by Gasteiger charge is -2.05. The first-order chi connectivity index (χ1) is 8.00. The zero-order valence-corrected chi connectivity index (χ0v) is 8.49. The molecule has 2 aromatic rings. The Hall–Kier alpha value is -1.89. The Labute approximate surface area is 94.1 Å². The van der Waals surface area contributed by atoms with E-state index in [9.17, 15) is 13.2 Å². The molecule has 17 heavy (non-hydrogen) atoms. The molecule has 0 amide bonds. The van der Waals surface area contributed by atoms with E-state index in [1.165, 1.54) is 12.1 Å². The average Bonchev–Trinajstić information content (AvgIpc) is 2.76. The van der Waals surface area contributed by atoms with Crippen LogP contribution in [0, 0.1) is 0 Å². The summed E-state index contributed by atoms with van der Waals surface area (Å²) in [5.41, 5.74) is -0.270. The zero-order valence-electron chi connectivity index (χ0n) is 8.49. The molecule has 0 aliphatic heterocycles. The number of aromatic amines is 1. The van der Waals surface area contributed by atoms with Crippen LogP contribution in [0.2, 0.25) is 0 Å². The van der Waals surface area contributed by atoms with E-state index >= 15 is 0 Å². The van der Waals surface area contributed by atoms with Crippen molar-refractivity contribution < 1.29 is 18.3 Å². The number of alkyl halides is 3. The third-order valence-electron chi connectivity index (χ3n) is 2.15. The first-order valence-corrected chi connectivity index (χ1v) is 4.70. The second-order valence-electron chi connectivity index (χ2n) is 3.34. The summed E-state index contributed by atoms with van der Waals surface area (Å²) in [6.45, 7) is -0.298. The Bertz CT molecular complexity index is 504. The van der Waals surface area contributed by atoms with Gasteiger partial charge in [0.1, 0.15) is 6.61 Å². The number of aliphatic hydroxyl groups excluding tert-OH is 1. The molecule has 4 nitrogen and oxygen atoms in total. The van der Waals surface area contributed by atoms with Gasteiger partial charge in [0.15, 0.2) is 11.6 Å². The lowest BCUT2D eigenvalue weighted by molar-refractivity contribution is -0.137. The van der Waals surface area contributed by atoms with Gasteiger partial charge < -0.3 is 5.11 Å². The van der Waals surface area contributed by atoms with Crippen LogP contribution in [-0.4, -0.2) is 20.3 Å². The van der Waals surface area contributed by atoms with Crippen molar-refractivity contribution in [2.24, 2.45) is 0 Å². The molecule has 0 atom stereocenters. The van der Waals surface area contributed by atoms with Gasteiger partial charge in [0, 0.05) is 5.56 Å². The van der Waals surface area contributed by atoms with Gasteiger partial charge >= 0.3 is 6.18 Å². The maximum atomic E-state index is 12.3. The number of aromatic nitrogens is 3. The van der Waals surface area contributed by atoms with Crippen LogP contribution >= 0.6 is 0 Å². The van der Waals surface area contributed by atoms with E-state index in [2.05, 4.69) is 15.2 Å². The Morgan fingerprint density at radius 2 is 1.82 bits per heavy atom. The fraction of sp³-hybridized carbons (Fsp3) is 0.200. The van der Waals surface area contributed by atoms with E-state index in [1.807, 2.05) is 0 Å². The molecule has 2 N–H and O–H groups in total. The molecule has 1 aromatic carbocycles. The Morgan fingerprint density at radius 1 is 1.18 bits per heavy atom. The maximum absolute atomic E-state index is 12.3. The summed E-state index contributed by atoms with van der Waals surface area (Å²) in [5.74, 6) is 0.516. The fourth-order valence-corrected chi connectivity index (χ4v) is 1.30. The van der Waals surface area contributed by atoms with Crippen molar-refractivity contribution in [1.29, 1.82) is 0 Å². The van der Waals surface area contributed by atoms with Crippen molar-refractivity contribution in [2.45, 2.75) is 12.8 Å². The molecule has 0 unspecified atom stereocenters. The largest absolute Gasteiger partial charge is 0.416 e. The highest BCUT2D eigenvalue weighted by Crippen LogP contribution is 2.30. The number of benzene rings is 1. The van der Waals surface area contributed by atoms with Crippen LogP contribution in [0.3, 0.4) is 0 Å². The fourth-order valence-electron chi connectivity index (χ4n) is 1.30. The van der Waals surface area contributed by atoms with Gasteiger partial charge in [0.05, 0.1) is 5.56 Å². The van der Waals surface area contributed by atoms with Crippen LogP contribution in [0.5, 0.6) is 0 Å². The minimum atomic E-state index is -4.35. The summed E-state index contributed by atoms with van der Waals surface area (Å²) in [6, 6.07) is 4.49. The highest BCUT2D eigenvalue weighted by Gasteiger charge is 2.30. The molecule has 0 saturated heterocycles. The van der Waals surface area contributed by atoms with Crippen molar-refractivity contribution in [1.82, 2.24) is 15.2 Å². The average molecular weight is 243 g/mol. The van der Waals surface area contributed by atoms with Crippen molar-refractivity contribution in [3.63, 3.8) is 0 Å². The molecule has 7 heteroatoms. The van der Waals surface area contributed by atoms with E-state index in [-0.39, 0.29) is 18.3 Å². The van der Waals surface area contributed by atoms with Gasteiger partial charge in [-0.25, -0.2) is 4.98 Å². The van der Waals surface area contributed by atoms with Crippen LogP contribution in [0.15, 0.2) is 24.3 Å². The summed E-state index contributed by atoms with van der Waals surface area (Å²) < 4.78 is 36.9. The number of halogens is 3. The molecule has 0 radical (unpaired) electrons. The monoisotopic (exact) mass is 243 g/mol. The van der Waals surface area contributed by atoms with Crippen molar-refractivity contribution in [3.8, 4) is 11.4 Å². The third kappa shape index (κ3) is 2.44. The molecule has 1 heterocycles. The number of hydrogen-bond acceptors (Lipinski definition) is 3. The number of hydrogen-bond donors (Lipinski definition) is 2. The lowest BCUT2D eigenvalue weighted by atomic mass is 10.1. The molecule has 0 aliphatic carbocycles. The molecule has 0 aliphatic rings. The summed E-state index contributed by atoms with van der Waals surface area (Å²) >= 11 is 0. The molecule has 2 rings (SSSR count). The summed E-state index contributed by atoms with van der Waals surface area (Å²) in [6.07, 6.45) is -4.35. The topological polar surface area (TPSA) is 61.8 Å². The van der Waals surface area contributed by atoms with Crippen LogP contribution in [0.25, 0.3) is 11.4 Å². The standard InChI is InChI=1S/C10H8F3N3O/c11-10(12,13)7-3-1-6(2-4-7)9-14-8(5-17)15-16-9/h1-4,17H,5H2,(H,14,15,16). The number of nitrogens with zero attached hydrogens (tertiary/aromatic N) is 2. The van der Waals surface area contributed by atoms with Crippen LogP contribution < -0.4 is 0 Å². The number of rotatable bonds is 2. The van der Waals surface area contributed by atoms with E-state index in [1.54, 1.807) is 0 Å². The van der Waals surface area contributed by atoms with E-state index in [0.717, 1.165) is 12.1 Å². The van der Waals surface area contributed by atoms with Gasteiger partial charge in [-0.05, 0) is 12.1 Å². The summed E-state index contributed by atoms with van der Waals surface area (Å²) in [7, 11) is 0. The van der Waals surface area contributed by atoms with Gasteiger partial charge in [-0.1, -0.05) is 12.1 Å². The molecule has 0 bridgehead atoms. The predicted molar refractivity (Wildman–Crippen MR) is 52.7 cm³/mol. The van der Waals surface area contributed by atoms with Gasteiger partial charge in [-0.2, -0.15) is 18.3 Å². The molecular formula is C10H8F3N3O. The third-order valence-corrected chi connectivity index (χ3v) is 2.15. The minimum absolute atomic E-state index is 0.253. The quantitative estimate of drug-likeness (QED) is 0.847. The van der Waals surface area contributed by atoms with E-state index in [0.29, 0.717) is 5.56 Å². The van der Waals surface area contributed by atoms with Crippen molar-refractivity contribution in [3.05, 3.63) is 35.7 Å². The zero-order chi connectivity index (χ0) is 12.5. The highest BCUT2D eigenvalue weighted by molar-refractivity contribution is 5.55. The molecule has 0 fully saturated rings. The molecule has 0 saturated carbocycles. The Balaban J connectivity index is 2.29. The SMILES string of the molecule is OCc1nc(-c2ccc(C(F)(F)F)cc2)n[nH]1. The lowest BCUT2D eigenvalue weighted by Crippen LogP contribution is -2.04. The van der Waals surface area contributed by atoms with Crippen LogP contribution in [0.1, 0.15) is 11.4 Å². The van der Waals surface area contributed by atoms with Crippen LogP contribution in [-0.2, 0) is 12.8 Å². The highest BCUT2D eigenvalue weighted by atomic mass is 19.4. The maximum Gasteiger partial charge on any atom is 0.416 e. The van der Waals surface area contributed by atoms with E-state index < -0.39 is 11.7 Å². The normalized spacial score (nSPS) is 11.8. The molecule has 1 aromatic heterocycles.